The summed E-state index contributed by atoms with van der Waals surface area (Å²) in [5, 5.41) is 2.72. The maximum Gasteiger partial charge on any atom is 0.262 e. The van der Waals surface area contributed by atoms with Gasteiger partial charge in [0.25, 0.3) is 10.0 Å². The van der Waals surface area contributed by atoms with Crippen molar-refractivity contribution < 1.29 is 18.0 Å². The quantitative estimate of drug-likeness (QED) is 0.432. The molecule has 2 aromatic carbocycles. The number of nitrogens with one attached hydrogen (secondary N) is 1. The lowest BCUT2D eigenvalue weighted by atomic mass is 9.87. The molecular formula is C30H35N3O4S. The van der Waals surface area contributed by atoms with Crippen LogP contribution < -0.4 is 5.32 Å². The van der Waals surface area contributed by atoms with Gasteiger partial charge in [-0.05, 0) is 60.9 Å². The Morgan fingerprint density at radius 3 is 2.42 bits per heavy atom. The summed E-state index contributed by atoms with van der Waals surface area (Å²) in [5.41, 5.74) is 2.85. The standard InChI is InChI=1S/C30H35N3O4S/c1-21(2)19-26(25-15-10-14-24(20-25)23-12-5-4-6-13-23)30(35)32-29-27(34)16-9-11-22(3)33(29)38(36,37)28-17-7-8-18-31-28/h4-8,10,12-15,17-18,20-22,26,29H,9,11,16,19H2,1-3H3,(H,32,35)/t22-,26?,29-/m1/s1. The molecule has 0 bridgehead atoms. The minimum absolute atomic E-state index is 0.143. The summed E-state index contributed by atoms with van der Waals surface area (Å²) in [7, 11) is -4.13. The number of sulfonamides is 1. The van der Waals surface area contributed by atoms with E-state index in [1.807, 2.05) is 68.4 Å². The summed E-state index contributed by atoms with van der Waals surface area (Å²) in [6.45, 7) is 5.85. The maximum atomic E-state index is 13.9. The van der Waals surface area contributed by atoms with E-state index in [9.17, 15) is 18.0 Å². The lowest BCUT2D eigenvalue weighted by molar-refractivity contribution is -0.131. The SMILES string of the molecule is CC(C)CC(C(=O)N[C@H]1C(=O)CCC[C@@H](C)N1S(=O)(=O)c1ccccn1)c1cccc(-c2ccccc2)c1. The van der Waals surface area contributed by atoms with Crippen LogP contribution in [-0.4, -0.2) is 41.6 Å². The number of rotatable bonds is 8. The Morgan fingerprint density at radius 2 is 1.74 bits per heavy atom. The van der Waals surface area contributed by atoms with Gasteiger partial charge < -0.3 is 5.32 Å². The average Bonchev–Trinajstić information content (AvgIpc) is 3.05. The topological polar surface area (TPSA) is 96.4 Å². The first-order valence-electron chi connectivity index (χ1n) is 13.1. The number of pyridine rings is 1. The summed E-state index contributed by atoms with van der Waals surface area (Å²) < 4.78 is 28.5. The Morgan fingerprint density at radius 1 is 1.03 bits per heavy atom. The van der Waals surface area contributed by atoms with Gasteiger partial charge in [0.05, 0.1) is 5.92 Å². The third-order valence-electron chi connectivity index (χ3n) is 6.92. The van der Waals surface area contributed by atoms with Crippen molar-refractivity contribution in [3.8, 4) is 11.1 Å². The van der Waals surface area contributed by atoms with Crippen LogP contribution in [0.25, 0.3) is 11.1 Å². The number of carbonyl (C=O) groups excluding carboxylic acids is 2. The Balaban J connectivity index is 1.69. The number of amides is 1. The highest BCUT2D eigenvalue weighted by atomic mass is 32.2. The Kier molecular flexibility index (Phi) is 8.74. The van der Waals surface area contributed by atoms with Crippen molar-refractivity contribution in [3.05, 3.63) is 84.6 Å². The van der Waals surface area contributed by atoms with Crippen LogP contribution in [0.4, 0.5) is 0 Å². The van der Waals surface area contributed by atoms with Crippen LogP contribution in [-0.2, 0) is 19.6 Å². The fourth-order valence-electron chi connectivity index (χ4n) is 5.03. The van der Waals surface area contributed by atoms with Crippen molar-refractivity contribution in [3.63, 3.8) is 0 Å². The highest BCUT2D eigenvalue weighted by molar-refractivity contribution is 7.89. The minimum atomic E-state index is -4.13. The van der Waals surface area contributed by atoms with Gasteiger partial charge in [0, 0.05) is 18.7 Å². The molecule has 1 unspecified atom stereocenters. The van der Waals surface area contributed by atoms with Gasteiger partial charge in [0.15, 0.2) is 17.0 Å². The molecule has 0 radical (unpaired) electrons. The molecule has 2 heterocycles. The number of Topliss-reactive ketones (excluding diaryl/α,β-unsaturated/α-hetero) is 1. The molecular weight excluding hydrogens is 498 g/mol. The largest absolute Gasteiger partial charge is 0.333 e. The van der Waals surface area contributed by atoms with Crippen molar-refractivity contribution in [2.75, 3.05) is 0 Å². The molecule has 1 N–H and O–H groups in total. The summed E-state index contributed by atoms with van der Waals surface area (Å²) in [4.78, 5) is 31.2. The van der Waals surface area contributed by atoms with E-state index in [-0.39, 0.29) is 29.1 Å². The van der Waals surface area contributed by atoms with Gasteiger partial charge in [0.2, 0.25) is 5.91 Å². The van der Waals surface area contributed by atoms with Crippen molar-refractivity contribution in [1.82, 2.24) is 14.6 Å². The molecule has 7 nitrogen and oxygen atoms in total. The first kappa shape index (κ1) is 27.7. The molecule has 1 amide bonds. The summed E-state index contributed by atoms with van der Waals surface area (Å²) >= 11 is 0. The number of nitrogens with zero attached hydrogens (tertiary/aromatic N) is 2. The van der Waals surface area contributed by atoms with Gasteiger partial charge >= 0.3 is 0 Å². The normalized spacial score (nSPS) is 19.6. The average molecular weight is 534 g/mol. The van der Waals surface area contributed by atoms with Crippen molar-refractivity contribution in [2.45, 2.75) is 69.6 Å². The van der Waals surface area contributed by atoms with E-state index in [4.69, 9.17) is 0 Å². The molecule has 0 spiro atoms. The molecule has 1 saturated heterocycles. The van der Waals surface area contributed by atoms with Crippen LogP contribution in [0.1, 0.15) is 57.9 Å². The van der Waals surface area contributed by atoms with Gasteiger partial charge in [-0.1, -0.05) is 74.5 Å². The molecule has 4 rings (SSSR count). The number of benzene rings is 2. The zero-order valence-electron chi connectivity index (χ0n) is 22.1. The molecule has 1 fully saturated rings. The predicted octanol–water partition coefficient (Wildman–Crippen LogP) is 5.15. The molecule has 1 aromatic heterocycles. The summed E-state index contributed by atoms with van der Waals surface area (Å²) in [6.07, 6.45) is 1.92. The second-order valence-corrected chi connectivity index (χ2v) is 12.1. The lowest BCUT2D eigenvalue weighted by Gasteiger charge is -2.33. The zero-order valence-corrected chi connectivity index (χ0v) is 22.9. The van der Waals surface area contributed by atoms with E-state index < -0.39 is 28.1 Å². The van der Waals surface area contributed by atoms with E-state index in [2.05, 4.69) is 10.3 Å². The van der Waals surface area contributed by atoms with Crippen molar-refractivity contribution >= 4 is 21.7 Å². The van der Waals surface area contributed by atoms with Crippen LogP contribution in [0.2, 0.25) is 0 Å². The molecule has 1 aliphatic rings. The van der Waals surface area contributed by atoms with Gasteiger partial charge in [-0.3, -0.25) is 9.59 Å². The highest BCUT2D eigenvalue weighted by Crippen LogP contribution is 2.30. The molecule has 1 aliphatic heterocycles. The second-order valence-electron chi connectivity index (χ2n) is 10.3. The fraction of sp³-hybridized carbons (Fsp3) is 0.367. The van der Waals surface area contributed by atoms with Crippen molar-refractivity contribution in [2.24, 2.45) is 5.92 Å². The third kappa shape index (κ3) is 6.19. The Bertz CT molecular complexity index is 1360. The number of hydrogen-bond acceptors (Lipinski definition) is 5. The molecule has 3 atom stereocenters. The first-order valence-corrected chi connectivity index (χ1v) is 14.6. The first-order chi connectivity index (χ1) is 18.2. The fourth-order valence-corrected chi connectivity index (χ4v) is 6.71. The van der Waals surface area contributed by atoms with Gasteiger partial charge in [-0.25, -0.2) is 13.4 Å². The second kappa shape index (κ2) is 12.0. The van der Waals surface area contributed by atoms with Crippen LogP contribution in [0.15, 0.2) is 84.0 Å². The smallest absolute Gasteiger partial charge is 0.262 e. The lowest BCUT2D eigenvalue weighted by Crippen LogP contribution is -2.57. The molecule has 38 heavy (non-hydrogen) atoms. The molecule has 0 aliphatic carbocycles. The summed E-state index contributed by atoms with van der Waals surface area (Å²) in [6, 6.07) is 21.9. The molecule has 200 valence electrons. The van der Waals surface area contributed by atoms with Crippen LogP contribution >= 0.6 is 0 Å². The molecule has 3 aromatic rings. The maximum absolute atomic E-state index is 13.9. The van der Waals surface area contributed by atoms with E-state index in [1.165, 1.54) is 12.3 Å². The minimum Gasteiger partial charge on any atom is -0.333 e. The zero-order chi connectivity index (χ0) is 27.3. The van der Waals surface area contributed by atoms with Crippen LogP contribution in [0.3, 0.4) is 0 Å². The Hall–Kier alpha value is -3.36. The monoisotopic (exact) mass is 533 g/mol. The van der Waals surface area contributed by atoms with E-state index in [0.717, 1.165) is 21.0 Å². The Labute approximate surface area is 225 Å². The van der Waals surface area contributed by atoms with E-state index >= 15 is 0 Å². The van der Waals surface area contributed by atoms with Crippen LogP contribution in [0.5, 0.6) is 0 Å². The van der Waals surface area contributed by atoms with E-state index in [1.54, 1.807) is 19.1 Å². The molecule has 0 saturated carbocycles. The van der Waals surface area contributed by atoms with Gasteiger partial charge in [0.1, 0.15) is 0 Å². The number of aromatic nitrogens is 1. The highest BCUT2D eigenvalue weighted by Gasteiger charge is 2.43. The predicted molar refractivity (Wildman–Crippen MR) is 148 cm³/mol. The molecule has 8 heteroatoms. The van der Waals surface area contributed by atoms with Gasteiger partial charge in [-0.2, -0.15) is 4.31 Å². The van der Waals surface area contributed by atoms with Crippen molar-refractivity contribution in [1.29, 1.82) is 0 Å². The van der Waals surface area contributed by atoms with Crippen LogP contribution in [0, 0.1) is 5.92 Å². The number of ketones is 1. The number of carbonyl (C=O) groups is 2. The third-order valence-corrected chi connectivity index (χ3v) is 8.81. The van der Waals surface area contributed by atoms with Gasteiger partial charge in [-0.15, -0.1) is 0 Å². The van der Waals surface area contributed by atoms with E-state index in [0.29, 0.717) is 19.3 Å². The summed E-state index contributed by atoms with van der Waals surface area (Å²) in [5.74, 6) is -1.03. The number of hydrogen-bond donors (Lipinski definition) is 1.